The highest BCUT2D eigenvalue weighted by Crippen LogP contribution is 2.35. The molecule has 2 heterocycles. The number of rotatable bonds is 4. The highest BCUT2D eigenvalue weighted by atomic mass is 35.5. The first-order valence-corrected chi connectivity index (χ1v) is 9.88. The first-order chi connectivity index (χ1) is 13.9. The molecule has 0 radical (unpaired) electrons. The number of hydrogen-bond acceptors (Lipinski definition) is 2. The second kappa shape index (κ2) is 7.65. The Hall–Kier alpha value is -2.63. The van der Waals surface area contributed by atoms with Gasteiger partial charge in [-0.05, 0) is 55.2 Å². The van der Waals surface area contributed by atoms with Crippen molar-refractivity contribution in [3.63, 3.8) is 0 Å². The normalized spacial score (nSPS) is 13.2. The van der Waals surface area contributed by atoms with Gasteiger partial charge >= 0.3 is 5.97 Å². The molecule has 0 saturated heterocycles. The Morgan fingerprint density at radius 3 is 2.41 bits per heavy atom. The van der Waals surface area contributed by atoms with Gasteiger partial charge in [-0.3, -0.25) is 4.79 Å². The maximum absolute atomic E-state index is 14.3. The molecule has 0 atom stereocenters. The standard InChI is InChI=1S/C22H16Cl2FNO3/c23-15-4-3-5-16(24)20(15)21(27)19-11-14(18-6-1-2-9-26(18)19)12-7-8-13(22(28)29)17(25)10-12/h3-5,7-8,10-11H,1-2,6,9H2,(H,28,29). The zero-order valence-corrected chi connectivity index (χ0v) is 16.7. The van der Waals surface area contributed by atoms with Crippen LogP contribution in [-0.2, 0) is 13.0 Å². The van der Waals surface area contributed by atoms with Crippen LogP contribution in [0.15, 0.2) is 42.5 Å². The van der Waals surface area contributed by atoms with E-state index in [2.05, 4.69) is 0 Å². The van der Waals surface area contributed by atoms with Crippen LogP contribution in [0.25, 0.3) is 11.1 Å². The molecule has 0 saturated carbocycles. The molecule has 1 aliphatic heterocycles. The second-order valence-electron chi connectivity index (χ2n) is 6.92. The zero-order valence-electron chi connectivity index (χ0n) is 15.2. The Balaban J connectivity index is 1.86. The van der Waals surface area contributed by atoms with Gasteiger partial charge in [0, 0.05) is 17.8 Å². The van der Waals surface area contributed by atoms with Gasteiger partial charge in [0.05, 0.1) is 26.9 Å². The maximum Gasteiger partial charge on any atom is 0.338 e. The topological polar surface area (TPSA) is 59.3 Å². The third-order valence-corrected chi connectivity index (χ3v) is 5.82. The number of carboxylic acids is 1. The molecule has 3 aromatic rings. The molecule has 0 amide bonds. The second-order valence-corrected chi connectivity index (χ2v) is 7.74. The van der Waals surface area contributed by atoms with Crippen LogP contribution in [0.3, 0.4) is 0 Å². The molecule has 0 fully saturated rings. The van der Waals surface area contributed by atoms with E-state index in [0.29, 0.717) is 23.4 Å². The van der Waals surface area contributed by atoms with Gasteiger partial charge in [-0.1, -0.05) is 35.3 Å². The van der Waals surface area contributed by atoms with Crippen LogP contribution in [0, 0.1) is 5.82 Å². The van der Waals surface area contributed by atoms with Crippen LogP contribution in [-0.4, -0.2) is 21.4 Å². The van der Waals surface area contributed by atoms with Crippen molar-refractivity contribution in [3.8, 4) is 11.1 Å². The first-order valence-electron chi connectivity index (χ1n) is 9.13. The molecule has 4 nitrogen and oxygen atoms in total. The summed E-state index contributed by atoms with van der Waals surface area (Å²) in [6.07, 6.45) is 2.61. The lowest BCUT2D eigenvalue weighted by Crippen LogP contribution is -2.17. The molecule has 0 bridgehead atoms. The Morgan fingerprint density at radius 1 is 1.03 bits per heavy atom. The van der Waals surface area contributed by atoms with Gasteiger partial charge in [-0.2, -0.15) is 0 Å². The van der Waals surface area contributed by atoms with E-state index in [4.69, 9.17) is 28.3 Å². The average molecular weight is 432 g/mol. The molecule has 1 aliphatic rings. The van der Waals surface area contributed by atoms with Crippen molar-refractivity contribution in [2.24, 2.45) is 0 Å². The number of aromatic nitrogens is 1. The fourth-order valence-electron chi connectivity index (χ4n) is 3.81. The van der Waals surface area contributed by atoms with Gasteiger partial charge in [-0.25, -0.2) is 9.18 Å². The molecule has 1 N–H and O–H groups in total. The Kier molecular flexibility index (Phi) is 5.19. The van der Waals surface area contributed by atoms with E-state index in [1.807, 2.05) is 4.57 Å². The summed E-state index contributed by atoms with van der Waals surface area (Å²) in [5, 5.41) is 9.60. The summed E-state index contributed by atoms with van der Waals surface area (Å²) < 4.78 is 16.2. The number of carboxylic acid groups (broad SMARTS) is 1. The van der Waals surface area contributed by atoms with Crippen LogP contribution >= 0.6 is 23.2 Å². The van der Waals surface area contributed by atoms with Gasteiger partial charge in [0.25, 0.3) is 0 Å². The number of ketones is 1. The van der Waals surface area contributed by atoms with E-state index < -0.39 is 11.8 Å². The molecule has 29 heavy (non-hydrogen) atoms. The van der Waals surface area contributed by atoms with Crippen molar-refractivity contribution in [1.29, 1.82) is 0 Å². The zero-order chi connectivity index (χ0) is 20.7. The average Bonchev–Trinajstić information content (AvgIpc) is 3.07. The summed E-state index contributed by atoms with van der Waals surface area (Å²) in [6.45, 7) is 0.661. The predicted octanol–water partition coefficient (Wildman–Crippen LogP) is 5.87. The number of hydrogen-bond donors (Lipinski definition) is 1. The number of benzene rings is 2. The lowest BCUT2D eigenvalue weighted by Gasteiger charge is -2.19. The molecule has 1 aromatic heterocycles. The van der Waals surface area contributed by atoms with Gasteiger partial charge in [-0.15, -0.1) is 0 Å². The lowest BCUT2D eigenvalue weighted by molar-refractivity contribution is 0.0691. The SMILES string of the molecule is O=C(O)c1ccc(-c2cc(C(=O)c3c(Cl)cccc3Cl)n3c2CCCC3)cc1F. The lowest BCUT2D eigenvalue weighted by atomic mass is 9.99. The highest BCUT2D eigenvalue weighted by Gasteiger charge is 2.26. The molecular formula is C22H16Cl2FNO3. The van der Waals surface area contributed by atoms with E-state index in [9.17, 15) is 14.0 Å². The van der Waals surface area contributed by atoms with Gasteiger partial charge in [0.1, 0.15) is 5.82 Å². The Bertz CT molecular complexity index is 1130. The summed E-state index contributed by atoms with van der Waals surface area (Å²) in [7, 11) is 0. The minimum Gasteiger partial charge on any atom is -0.478 e. The summed E-state index contributed by atoms with van der Waals surface area (Å²) in [6, 6.07) is 10.6. The molecule has 0 spiro atoms. The van der Waals surface area contributed by atoms with E-state index in [1.165, 1.54) is 12.1 Å². The van der Waals surface area contributed by atoms with Gasteiger partial charge in [0.15, 0.2) is 0 Å². The molecular weight excluding hydrogens is 416 g/mol. The molecule has 4 rings (SSSR count). The first kappa shape index (κ1) is 19.7. The number of halogens is 3. The van der Waals surface area contributed by atoms with Crippen LogP contribution in [0.1, 0.15) is 44.9 Å². The maximum atomic E-state index is 14.3. The van der Waals surface area contributed by atoms with Crippen molar-refractivity contribution < 1.29 is 19.1 Å². The molecule has 0 unspecified atom stereocenters. The fraction of sp³-hybridized carbons (Fsp3) is 0.182. The van der Waals surface area contributed by atoms with Crippen molar-refractivity contribution in [2.75, 3.05) is 0 Å². The van der Waals surface area contributed by atoms with Crippen LogP contribution in [0.5, 0.6) is 0 Å². The van der Waals surface area contributed by atoms with E-state index in [-0.39, 0.29) is 27.0 Å². The minimum absolute atomic E-state index is 0.237. The quantitative estimate of drug-likeness (QED) is 0.525. The Labute approximate surface area is 176 Å². The smallest absolute Gasteiger partial charge is 0.338 e. The van der Waals surface area contributed by atoms with Gasteiger partial charge in [0.2, 0.25) is 5.78 Å². The molecule has 2 aromatic carbocycles. The third kappa shape index (κ3) is 3.45. The van der Waals surface area contributed by atoms with E-state index in [1.54, 1.807) is 30.3 Å². The summed E-state index contributed by atoms with van der Waals surface area (Å²) in [5.74, 6) is -2.43. The summed E-state index contributed by atoms with van der Waals surface area (Å²) in [5.41, 5.74) is 2.45. The summed E-state index contributed by atoms with van der Waals surface area (Å²) >= 11 is 12.5. The number of carbonyl (C=O) groups excluding carboxylic acids is 1. The van der Waals surface area contributed by atoms with Gasteiger partial charge < -0.3 is 9.67 Å². The van der Waals surface area contributed by atoms with Crippen LogP contribution < -0.4 is 0 Å². The molecule has 7 heteroatoms. The largest absolute Gasteiger partial charge is 0.478 e. The van der Waals surface area contributed by atoms with Crippen molar-refractivity contribution in [2.45, 2.75) is 25.8 Å². The number of fused-ring (bicyclic) bond motifs is 1. The molecule has 0 aliphatic carbocycles. The van der Waals surface area contributed by atoms with E-state index >= 15 is 0 Å². The number of carbonyl (C=O) groups is 2. The molecule has 148 valence electrons. The van der Waals surface area contributed by atoms with Crippen molar-refractivity contribution in [1.82, 2.24) is 4.57 Å². The minimum atomic E-state index is -1.32. The third-order valence-electron chi connectivity index (χ3n) is 5.19. The summed E-state index contributed by atoms with van der Waals surface area (Å²) in [4.78, 5) is 24.4. The highest BCUT2D eigenvalue weighted by molar-refractivity contribution is 6.40. The van der Waals surface area contributed by atoms with E-state index in [0.717, 1.165) is 25.0 Å². The van der Waals surface area contributed by atoms with Crippen LogP contribution in [0.2, 0.25) is 10.0 Å². The number of nitrogens with zero attached hydrogens (tertiary/aromatic N) is 1. The van der Waals surface area contributed by atoms with Crippen molar-refractivity contribution >= 4 is 35.0 Å². The number of aromatic carboxylic acids is 1. The monoisotopic (exact) mass is 431 g/mol. The fourth-order valence-corrected chi connectivity index (χ4v) is 4.38. The van der Waals surface area contributed by atoms with Crippen molar-refractivity contribution in [3.05, 3.63) is 80.8 Å². The van der Waals surface area contributed by atoms with Crippen LogP contribution in [0.4, 0.5) is 4.39 Å². The predicted molar refractivity (Wildman–Crippen MR) is 110 cm³/mol. The Morgan fingerprint density at radius 2 is 1.76 bits per heavy atom.